The van der Waals surface area contributed by atoms with Crippen LogP contribution in [0.15, 0.2) is 18.3 Å². The molecule has 3 fully saturated rings. The maximum absolute atomic E-state index is 14.0. The lowest BCUT2D eigenvalue weighted by Gasteiger charge is -2.47. The average molecular weight is 673 g/mol. The summed E-state index contributed by atoms with van der Waals surface area (Å²) in [4.78, 5) is 13.5. The monoisotopic (exact) mass is 672 g/mol. The summed E-state index contributed by atoms with van der Waals surface area (Å²) in [5.41, 5.74) is -3.62. The van der Waals surface area contributed by atoms with E-state index < -0.39 is 127 Å². The first-order valence-electron chi connectivity index (χ1n) is 14.0. The molecule has 0 radical (unpaired) electrons. The molecule has 250 valence electrons. The first-order chi connectivity index (χ1) is 21.1. The Bertz CT molecular complexity index is 1360. The molecule has 1 saturated heterocycles. The number of benzene rings is 1. The van der Waals surface area contributed by atoms with Crippen LogP contribution in [0.3, 0.4) is 0 Å². The summed E-state index contributed by atoms with van der Waals surface area (Å²) < 4.78 is 109. The molecular formula is C27H31F7N4O6S. The fourth-order valence-corrected chi connectivity index (χ4v) is 7.48. The van der Waals surface area contributed by atoms with Crippen molar-refractivity contribution in [2.24, 2.45) is 0 Å². The summed E-state index contributed by atoms with van der Waals surface area (Å²) in [7, 11) is 1.21. The molecule has 45 heavy (non-hydrogen) atoms. The van der Waals surface area contributed by atoms with Gasteiger partial charge in [-0.2, -0.15) is 0 Å². The number of alkyl halides is 4. The van der Waals surface area contributed by atoms with Crippen molar-refractivity contribution in [3.05, 3.63) is 35.8 Å². The van der Waals surface area contributed by atoms with Crippen LogP contribution in [0.25, 0.3) is 11.3 Å². The summed E-state index contributed by atoms with van der Waals surface area (Å²) in [6.07, 6.45) is -6.68. The molecular weight excluding hydrogens is 641 g/mol. The van der Waals surface area contributed by atoms with Gasteiger partial charge >= 0.3 is 0 Å². The Labute approximate surface area is 256 Å². The predicted octanol–water partition coefficient (Wildman–Crippen LogP) is 2.95. The van der Waals surface area contributed by atoms with Gasteiger partial charge in [0.05, 0.1) is 18.4 Å². The number of aromatic nitrogens is 3. The van der Waals surface area contributed by atoms with Crippen LogP contribution in [-0.2, 0) is 14.3 Å². The van der Waals surface area contributed by atoms with Gasteiger partial charge in [-0.3, -0.25) is 4.79 Å². The van der Waals surface area contributed by atoms with E-state index in [0.717, 1.165) is 4.68 Å². The minimum atomic E-state index is -3.08. The molecule has 4 N–H and O–H groups in total. The highest BCUT2D eigenvalue weighted by molar-refractivity contribution is 8.01. The van der Waals surface area contributed by atoms with Crippen molar-refractivity contribution in [2.75, 3.05) is 13.7 Å². The molecule has 2 heterocycles. The SMILES string of the molecule is CO[C@@H]1[C@@H](n2cc(-c3cc(F)c(F)c(F)c3)nn2)[C@@H](O)[C@@H](CO)O[C@H]1SC(C(=O)NC1CC(F)(F)C1)C1(O)CCC(F)(F)CC1. The molecule has 2 saturated carbocycles. The summed E-state index contributed by atoms with van der Waals surface area (Å²) in [5, 5.41) is 41.3. The topological polar surface area (TPSA) is 139 Å². The van der Waals surface area contributed by atoms with Crippen molar-refractivity contribution in [3.8, 4) is 11.3 Å². The Balaban J connectivity index is 1.44. The molecule has 6 atom stereocenters. The van der Waals surface area contributed by atoms with E-state index in [2.05, 4.69) is 15.6 Å². The number of nitrogens with zero attached hydrogens (tertiary/aromatic N) is 3. The molecule has 2 aliphatic carbocycles. The standard InChI is InChI=1S/C27H31F7N4O6S/c1-43-21-19(38-10-16(36-37-38)12-6-14(28)18(30)15(29)7-12)20(40)17(11-39)44-24(21)45-22(23(41)35-13-8-27(33,34)9-13)25(42)2-4-26(31,32)5-3-25/h6-7,10,13,17,19-22,24,39-40,42H,2-5,8-9,11H2,1H3,(H,35,41)/t17-,19+,20+,21-,22?,24+/m1/s1. The molecule has 0 bridgehead atoms. The number of hydrogen-bond donors (Lipinski definition) is 4. The van der Waals surface area contributed by atoms with Gasteiger partial charge in [-0.1, -0.05) is 5.21 Å². The van der Waals surface area contributed by atoms with E-state index >= 15 is 0 Å². The van der Waals surface area contributed by atoms with Gasteiger partial charge in [-0.25, -0.2) is 35.4 Å². The number of carbonyl (C=O) groups is 1. The van der Waals surface area contributed by atoms with Crippen LogP contribution >= 0.6 is 11.8 Å². The van der Waals surface area contributed by atoms with Crippen molar-refractivity contribution < 1.29 is 60.3 Å². The second-order valence-corrected chi connectivity index (χ2v) is 12.9. The fraction of sp³-hybridized carbons (Fsp3) is 0.667. The summed E-state index contributed by atoms with van der Waals surface area (Å²) >= 11 is 0.650. The van der Waals surface area contributed by atoms with Crippen LogP contribution in [0.5, 0.6) is 0 Å². The number of ether oxygens (including phenoxy) is 2. The van der Waals surface area contributed by atoms with E-state index in [-0.39, 0.29) is 11.3 Å². The van der Waals surface area contributed by atoms with E-state index in [1.165, 1.54) is 13.3 Å². The third-order valence-corrected chi connectivity index (χ3v) is 10.0. The van der Waals surface area contributed by atoms with Crippen LogP contribution in [-0.4, -0.2) is 102 Å². The zero-order chi connectivity index (χ0) is 32.9. The number of halogens is 7. The Morgan fingerprint density at radius 3 is 2.31 bits per heavy atom. The Hall–Kier alpha value is -2.51. The molecule has 1 amide bonds. The molecule has 1 aliphatic heterocycles. The van der Waals surface area contributed by atoms with E-state index in [1.54, 1.807) is 0 Å². The van der Waals surface area contributed by atoms with Gasteiger partial charge in [0.2, 0.25) is 11.8 Å². The normalized spacial score (nSPS) is 30.0. The predicted molar refractivity (Wildman–Crippen MR) is 143 cm³/mol. The first kappa shape index (κ1) is 33.8. The van der Waals surface area contributed by atoms with E-state index in [4.69, 9.17) is 9.47 Å². The molecule has 1 unspecified atom stereocenters. The molecule has 5 rings (SSSR count). The highest BCUT2D eigenvalue weighted by Gasteiger charge is 2.55. The van der Waals surface area contributed by atoms with E-state index in [9.17, 15) is 50.8 Å². The van der Waals surface area contributed by atoms with Crippen LogP contribution in [0.2, 0.25) is 0 Å². The van der Waals surface area contributed by atoms with Crippen LogP contribution < -0.4 is 5.32 Å². The maximum Gasteiger partial charge on any atom is 0.252 e. The van der Waals surface area contributed by atoms with Crippen LogP contribution in [0.1, 0.15) is 44.6 Å². The zero-order valence-electron chi connectivity index (χ0n) is 23.7. The van der Waals surface area contributed by atoms with Crippen molar-refractivity contribution in [1.29, 1.82) is 0 Å². The Kier molecular flexibility index (Phi) is 9.47. The smallest absolute Gasteiger partial charge is 0.252 e. The molecule has 3 aliphatic rings. The minimum Gasteiger partial charge on any atom is -0.394 e. The average Bonchev–Trinajstić information content (AvgIpc) is 3.45. The number of hydrogen-bond acceptors (Lipinski definition) is 9. The molecule has 10 nitrogen and oxygen atoms in total. The number of aliphatic hydroxyl groups excluding tert-OH is 2. The highest BCUT2D eigenvalue weighted by atomic mass is 32.2. The van der Waals surface area contributed by atoms with Gasteiger partial charge < -0.3 is 30.1 Å². The zero-order valence-corrected chi connectivity index (χ0v) is 24.5. The third-order valence-electron chi connectivity index (χ3n) is 8.47. The molecule has 1 aromatic carbocycles. The van der Waals surface area contributed by atoms with E-state index in [1.807, 2.05) is 0 Å². The van der Waals surface area contributed by atoms with Crippen molar-refractivity contribution in [2.45, 2.75) is 97.1 Å². The molecule has 1 aromatic heterocycles. The minimum absolute atomic E-state index is 0.127. The molecule has 2 aromatic rings. The number of methoxy groups -OCH3 is 1. The van der Waals surface area contributed by atoms with Gasteiger partial charge in [-0.15, -0.1) is 16.9 Å². The number of aliphatic hydroxyl groups is 3. The summed E-state index contributed by atoms with van der Waals surface area (Å²) in [6.45, 7) is -0.758. The number of amides is 1. The lowest BCUT2D eigenvalue weighted by Crippen LogP contribution is -2.60. The van der Waals surface area contributed by atoms with Gasteiger partial charge in [0.25, 0.3) is 5.92 Å². The summed E-state index contributed by atoms with van der Waals surface area (Å²) in [6, 6.07) is -0.782. The lowest BCUT2D eigenvalue weighted by atomic mass is 9.79. The Morgan fingerprint density at radius 1 is 1.13 bits per heavy atom. The van der Waals surface area contributed by atoms with Gasteiger partial charge in [0.15, 0.2) is 17.5 Å². The van der Waals surface area contributed by atoms with Gasteiger partial charge in [-0.05, 0) is 25.0 Å². The lowest BCUT2D eigenvalue weighted by molar-refractivity contribution is -0.186. The van der Waals surface area contributed by atoms with E-state index in [0.29, 0.717) is 23.9 Å². The van der Waals surface area contributed by atoms with Gasteiger partial charge in [0, 0.05) is 44.4 Å². The largest absolute Gasteiger partial charge is 0.394 e. The maximum atomic E-state index is 14.0. The third kappa shape index (κ3) is 6.95. The highest BCUT2D eigenvalue weighted by Crippen LogP contribution is 2.47. The quantitative estimate of drug-likeness (QED) is 0.234. The summed E-state index contributed by atoms with van der Waals surface area (Å²) in [5.74, 6) is -11.6. The fourth-order valence-electron chi connectivity index (χ4n) is 5.90. The number of rotatable bonds is 9. The van der Waals surface area contributed by atoms with Crippen LogP contribution in [0.4, 0.5) is 30.7 Å². The first-order valence-corrected chi connectivity index (χ1v) is 15.0. The number of thioether (sulfide) groups is 1. The van der Waals surface area contributed by atoms with Crippen LogP contribution in [0, 0.1) is 17.5 Å². The van der Waals surface area contributed by atoms with Gasteiger partial charge in [0.1, 0.15) is 40.7 Å². The van der Waals surface area contributed by atoms with Crippen molar-refractivity contribution in [1.82, 2.24) is 20.3 Å². The Morgan fingerprint density at radius 2 is 1.76 bits per heavy atom. The van der Waals surface area contributed by atoms with Crippen molar-refractivity contribution in [3.63, 3.8) is 0 Å². The second-order valence-electron chi connectivity index (χ2n) is 11.7. The molecule has 18 heteroatoms. The number of carbonyl (C=O) groups excluding carboxylic acids is 1. The molecule has 0 spiro atoms. The second kappa shape index (κ2) is 12.6. The van der Waals surface area contributed by atoms with Crippen molar-refractivity contribution >= 4 is 17.7 Å². The number of nitrogens with one attached hydrogen (secondary N) is 1.